The normalized spacial score (nSPS) is 13.6. The summed E-state index contributed by atoms with van der Waals surface area (Å²) in [6.45, 7) is 4.73. The molecule has 234 valence electrons. The lowest BCUT2D eigenvalue weighted by Crippen LogP contribution is -2.14. The Morgan fingerprint density at radius 1 is 0.380 bits per heavy atom. The van der Waals surface area contributed by atoms with Crippen LogP contribution in [0.5, 0.6) is 0 Å². The van der Waals surface area contributed by atoms with E-state index in [1.165, 1.54) is 104 Å². The van der Waals surface area contributed by atoms with Gasteiger partial charge in [0.05, 0.1) is 11.0 Å². The second kappa shape index (κ2) is 9.94. The van der Waals surface area contributed by atoms with Crippen LogP contribution in [0.25, 0.3) is 93.2 Å². The van der Waals surface area contributed by atoms with E-state index in [-0.39, 0.29) is 5.41 Å². The lowest BCUT2D eigenvalue weighted by Gasteiger charge is -2.21. The predicted octanol–water partition coefficient (Wildman–Crippen LogP) is 13.3. The maximum Gasteiger partial charge on any atom is 0.0547 e. The first-order valence-electron chi connectivity index (χ1n) is 17.6. The minimum atomic E-state index is -0.0330. The Bertz CT molecular complexity index is 2980. The molecule has 0 bridgehead atoms. The molecule has 11 rings (SSSR count). The number of fused-ring (bicyclic) bond motifs is 7. The highest BCUT2D eigenvalue weighted by molar-refractivity contribution is 6.27. The Kier molecular flexibility index (Phi) is 5.51. The fourth-order valence-electron chi connectivity index (χ4n) is 9.24. The molecule has 1 aliphatic carbocycles. The first-order chi connectivity index (χ1) is 24.6. The van der Waals surface area contributed by atoms with Gasteiger partial charge in [0.15, 0.2) is 0 Å². The molecule has 0 unspecified atom stereocenters. The Morgan fingerprint density at radius 2 is 0.980 bits per heavy atom. The van der Waals surface area contributed by atoms with Crippen LogP contribution in [0.4, 0.5) is 0 Å². The van der Waals surface area contributed by atoms with E-state index in [0.29, 0.717) is 0 Å². The minimum absolute atomic E-state index is 0.0330. The molecule has 10 aromatic rings. The van der Waals surface area contributed by atoms with Gasteiger partial charge in [-0.3, -0.25) is 0 Å². The molecule has 0 N–H and O–H groups in total. The third-order valence-electron chi connectivity index (χ3n) is 11.6. The highest BCUT2D eigenvalue weighted by Gasteiger charge is 2.37. The van der Waals surface area contributed by atoms with E-state index in [1.54, 1.807) is 0 Å². The molecule has 1 heteroatoms. The fourth-order valence-corrected chi connectivity index (χ4v) is 9.24. The summed E-state index contributed by atoms with van der Waals surface area (Å²) in [4.78, 5) is 0. The molecule has 0 fully saturated rings. The second-order valence-electron chi connectivity index (χ2n) is 14.5. The van der Waals surface area contributed by atoms with Crippen molar-refractivity contribution in [3.63, 3.8) is 0 Å². The van der Waals surface area contributed by atoms with Crippen molar-refractivity contribution in [2.24, 2.45) is 0 Å². The predicted molar refractivity (Wildman–Crippen MR) is 213 cm³/mol. The van der Waals surface area contributed by atoms with Gasteiger partial charge < -0.3 is 4.57 Å². The summed E-state index contributed by atoms with van der Waals surface area (Å²) in [6, 6.07) is 61.0. The molecule has 0 saturated heterocycles. The number of hydrogen-bond donors (Lipinski definition) is 0. The zero-order valence-electron chi connectivity index (χ0n) is 28.0. The third-order valence-corrected chi connectivity index (χ3v) is 11.6. The van der Waals surface area contributed by atoms with Crippen molar-refractivity contribution in [1.82, 2.24) is 4.57 Å². The summed E-state index contributed by atoms with van der Waals surface area (Å²) in [5.74, 6) is 0. The molecule has 1 heterocycles. The molecular formula is C49H33N. The van der Waals surface area contributed by atoms with Crippen molar-refractivity contribution in [2.75, 3.05) is 0 Å². The van der Waals surface area contributed by atoms with Crippen molar-refractivity contribution < 1.29 is 0 Å². The maximum absolute atomic E-state index is 2.46. The third kappa shape index (κ3) is 3.62. The molecule has 0 aliphatic heterocycles. The summed E-state index contributed by atoms with van der Waals surface area (Å²) < 4.78 is 2.46. The van der Waals surface area contributed by atoms with Gasteiger partial charge in [-0.1, -0.05) is 153 Å². The van der Waals surface area contributed by atoms with E-state index in [9.17, 15) is 0 Å². The lowest BCUT2D eigenvalue weighted by molar-refractivity contribution is 0.661. The van der Waals surface area contributed by atoms with Gasteiger partial charge in [0.25, 0.3) is 0 Å². The molecule has 0 atom stereocenters. The van der Waals surface area contributed by atoms with E-state index in [2.05, 4.69) is 182 Å². The second-order valence-corrected chi connectivity index (χ2v) is 14.5. The topological polar surface area (TPSA) is 4.93 Å². The highest BCUT2D eigenvalue weighted by Crippen LogP contribution is 2.53. The van der Waals surface area contributed by atoms with Gasteiger partial charge in [-0.25, -0.2) is 0 Å². The van der Waals surface area contributed by atoms with E-state index in [0.717, 1.165) is 0 Å². The van der Waals surface area contributed by atoms with Gasteiger partial charge in [-0.15, -0.1) is 0 Å². The summed E-state index contributed by atoms with van der Waals surface area (Å²) in [5, 5.41) is 10.5. The SMILES string of the molecule is CC1(C)c2ccccc2-c2c1ccc1c2c2ccccc2n1-c1ccc(-c2ccc3ccc4c(-c5ccccc5)ccc5ccc2c3c54)cc1. The molecule has 1 aromatic heterocycles. The van der Waals surface area contributed by atoms with Crippen LogP contribution in [0.3, 0.4) is 0 Å². The maximum atomic E-state index is 2.46. The molecular weight excluding hydrogens is 603 g/mol. The van der Waals surface area contributed by atoms with Crippen LogP contribution >= 0.6 is 0 Å². The highest BCUT2D eigenvalue weighted by atomic mass is 15.0. The van der Waals surface area contributed by atoms with Crippen LogP contribution < -0.4 is 0 Å². The van der Waals surface area contributed by atoms with Crippen molar-refractivity contribution in [3.8, 4) is 39.1 Å². The fraction of sp³-hybridized carbons (Fsp3) is 0.0612. The number of rotatable bonds is 3. The number of benzene rings is 9. The molecule has 50 heavy (non-hydrogen) atoms. The molecule has 1 nitrogen and oxygen atoms in total. The van der Waals surface area contributed by atoms with Crippen molar-refractivity contribution in [2.45, 2.75) is 19.3 Å². The Labute approximate surface area is 291 Å². The zero-order valence-corrected chi connectivity index (χ0v) is 28.0. The van der Waals surface area contributed by atoms with Crippen LogP contribution in [0.15, 0.2) is 164 Å². The summed E-state index contributed by atoms with van der Waals surface area (Å²) in [6.07, 6.45) is 0. The number of aromatic nitrogens is 1. The van der Waals surface area contributed by atoms with Crippen LogP contribution in [0.2, 0.25) is 0 Å². The smallest absolute Gasteiger partial charge is 0.0547 e. The number of hydrogen-bond acceptors (Lipinski definition) is 0. The number of nitrogens with zero attached hydrogens (tertiary/aromatic N) is 1. The van der Waals surface area contributed by atoms with Crippen LogP contribution in [-0.4, -0.2) is 4.57 Å². The quantitative estimate of drug-likeness (QED) is 0.170. The Hall–Kier alpha value is -6.18. The van der Waals surface area contributed by atoms with Gasteiger partial charge in [0.2, 0.25) is 0 Å². The van der Waals surface area contributed by atoms with Crippen LogP contribution in [0, 0.1) is 0 Å². The van der Waals surface area contributed by atoms with Crippen molar-refractivity contribution in [1.29, 1.82) is 0 Å². The average Bonchev–Trinajstić information content (AvgIpc) is 3.63. The van der Waals surface area contributed by atoms with Crippen LogP contribution in [0.1, 0.15) is 25.0 Å². The van der Waals surface area contributed by atoms with Crippen LogP contribution in [-0.2, 0) is 5.41 Å². The van der Waals surface area contributed by atoms with Gasteiger partial charge >= 0.3 is 0 Å². The first-order valence-corrected chi connectivity index (χ1v) is 17.6. The lowest BCUT2D eigenvalue weighted by atomic mass is 9.82. The van der Waals surface area contributed by atoms with Gasteiger partial charge in [0.1, 0.15) is 0 Å². The standard InChI is InChI=1S/C49H33N/c1-49(2)41-14-8-6-12-39(41)47-42(49)28-29-44-48(47)40-13-7-9-15-43(40)50(44)34-22-16-31(17-23-34)36-25-19-33-20-26-37-35(30-10-4-3-5-11-30)24-18-32-21-27-38(36)46(33)45(32)37/h3-29H,1-2H3. The van der Waals surface area contributed by atoms with Gasteiger partial charge in [-0.05, 0) is 101 Å². The monoisotopic (exact) mass is 635 g/mol. The molecule has 0 spiro atoms. The van der Waals surface area contributed by atoms with Crippen molar-refractivity contribution >= 4 is 54.1 Å². The van der Waals surface area contributed by atoms with Gasteiger partial charge in [0, 0.05) is 21.9 Å². The summed E-state index contributed by atoms with van der Waals surface area (Å²) in [5.41, 5.74) is 14.2. The average molecular weight is 636 g/mol. The molecule has 0 saturated carbocycles. The van der Waals surface area contributed by atoms with E-state index < -0.39 is 0 Å². The first kappa shape index (κ1) is 27.7. The van der Waals surface area contributed by atoms with Crippen molar-refractivity contribution in [3.05, 3.63) is 175 Å². The Morgan fingerprint density at radius 3 is 1.70 bits per heavy atom. The van der Waals surface area contributed by atoms with E-state index in [1.807, 2.05) is 0 Å². The van der Waals surface area contributed by atoms with E-state index >= 15 is 0 Å². The molecule has 9 aromatic carbocycles. The summed E-state index contributed by atoms with van der Waals surface area (Å²) in [7, 11) is 0. The molecule has 1 aliphatic rings. The zero-order chi connectivity index (χ0) is 33.1. The number of para-hydroxylation sites is 1. The summed E-state index contributed by atoms with van der Waals surface area (Å²) >= 11 is 0. The minimum Gasteiger partial charge on any atom is -0.309 e. The largest absolute Gasteiger partial charge is 0.309 e. The van der Waals surface area contributed by atoms with E-state index in [4.69, 9.17) is 0 Å². The molecule has 0 amide bonds. The van der Waals surface area contributed by atoms with Gasteiger partial charge in [-0.2, -0.15) is 0 Å². The Balaban J connectivity index is 1.09. The molecule has 0 radical (unpaired) electrons.